The van der Waals surface area contributed by atoms with Crippen LogP contribution in [0.15, 0.2) is 42.5 Å². The summed E-state index contributed by atoms with van der Waals surface area (Å²) in [6.45, 7) is 12.4. The average molecular weight is 508 g/mol. The first-order valence-corrected chi connectivity index (χ1v) is 11.2. The number of anilines is 3. The van der Waals surface area contributed by atoms with Crippen LogP contribution in [0.3, 0.4) is 0 Å². The van der Waals surface area contributed by atoms with Gasteiger partial charge in [0.15, 0.2) is 0 Å². The molecule has 36 heavy (non-hydrogen) atoms. The van der Waals surface area contributed by atoms with E-state index in [4.69, 9.17) is 22.0 Å². The Morgan fingerprint density at radius 2 is 0.917 bits per heavy atom. The summed E-state index contributed by atoms with van der Waals surface area (Å²) in [6, 6.07) is 12.1. The zero-order chi connectivity index (χ0) is 27.1. The smallest absolute Gasteiger partial charge is 0.398 e. The van der Waals surface area contributed by atoms with Gasteiger partial charge < -0.3 is 22.0 Å². The Labute approximate surface area is 211 Å². The zero-order valence-electron chi connectivity index (χ0n) is 21.9. The lowest BCUT2D eigenvalue weighted by Gasteiger charge is -2.24. The molecule has 0 bridgehead atoms. The number of alkyl halides is 3. The summed E-state index contributed by atoms with van der Waals surface area (Å²) >= 11 is 0. The lowest BCUT2D eigenvalue weighted by atomic mass is 9.86. The van der Waals surface area contributed by atoms with Crippen LogP contribution in [0.2, 0.25) is 0 Å². The molecular weight excluding hydrogens is 470 g/mol. The normalized spacial score (nSPS) is 10.4. The van der Waals surface area contributed by atoms with E-state index in [9.17, 15) is 13.2 Å². The number of carbonyl (C=O) groups excluding carboxylic acids is 1. The summed E-state index contributed by atoms with van der Waals surface area (Å²) in [5.74, 6) is -1.70. The molecular formula is C28H37F4N3O. The summed E-state index contributed by atoms with van der Waals surface area (Å²) in [5.41, 5.74) is 24.7. The summed E-state index contributed by atoms with van der Waals surface area (Å²) < 4.78 is 41.3. The summed E-state index contributed by atoms with van der Waals surface area (Å²) in [5, 5.41) is 0. The molecule has 6 N–H and O–H groups in total. The first-order valence-electron chi connectivity index (χ1n) is 11.2. The Morgan fingerprint density at radius 1 is 0.667 bits per heavy atom. The number of hydrogen-bond acceptors (Lipinski definition) is 4. The van der Waals surface area contributed by atoms with Gasteiger partial charge >= 0.3 is 6.18 Å². The standard InChI is InChI=1S/C18H21F3N2.C8H11N.C2H4O.FH/c1-9-5-13(6-10(2)16(9)22)15(18(19,20)21)14-7-11(3)17(23)12(4)8-14;1-6-4-3-5-7(2)8(6)9;1-2-3;/h5-8,15H,22-23H2,1-4H3;3-5H,9H2,1-2H3;2H,1H3;1H. The fourth-order valence-corrected chi connectivity index (χ4v) is 3.75. The molecule has 3 rings (SSSR count). The van der Waals surface area contributed by atoms with Gasteiger partial charge in [0.05, 0.1) is 0 Å². The molecule has 0 spiro atoms. The van der Waals surface area contributed by atoms with E-state index in [1.807, 2.05) is 32.0 Å². The molecule has 8 heteroatoms. The van der Waals surface area contributed by atoms with Crippen molar-refractivity contribution < 1.29 is 22.7 Å². The van der Waals surface area contributed by atoms with Crippen LogP contribution in [-0.4, -0.2) is 12.5 Å². The Hall–Kier alpha value is -3.55. The maximum Gasteiger partial charge on any atom is 0.399 e. The van der Waals surface area contributed by atoms with Crippen molar-refractivity contribution in [1.29, 1.82) is 0 Å². The third-order valence-corrected chi connectivity index (χ3v) is 5.77. The van der Waals surface area contributed by atoms with Crippen LogP contribution < -0.4 is 17.2 Å². The van der Waals surface area contributed by atoms with Crippen LogP contribution in [0.4, 0.5) is 34.9 Å². The van der Waals surface area contributed by atoms with Crippen molar-refractivity contribution in [2.24, 2.45) is 0 Å². The third-order valence-electron chi connectivity index (χ3n) is 5.77. The number of hydrogen-bond donors (Lipinski definition) is 3. The van der Waals surface area contributed by atoms with Crippen molar-refractivity contribution in [3.8, 4) is 0 Å². The number of aldehydes is 1. The predicted molar refractivity (Wildman–Crippen MR) is 143 cm³/mol. The molecule has 3 aromatic carbocycles. The van der Waals surface area contributed by atoms with E-state index in [0.717, 1.165) is 23.1 Å². The number of carbonyl (C=O) groups is 1. The minimum Gasteiger partial charge on any atom is -0.398 e. The number of benzene rings is 3. The van der Waals surface area contributed by atoms with E-state index in [-0.39, 0.29) is 15.8 Å². The summed E-state index contributed by atoms with van der Waals surface area (Å²) in [7, 11) is 0. The molecule has 3 aromatic rings. The molecule has 0 saturated heterocycles. The van der Waals surface area contributed by atoms with Crippen LogP contribution in [0.25, 0.3) is 0 Å². The monoisotopic (exact) mass is 507 g/mol. The van der Waals surface area contributed by atoms with E-state index < -0.39 is 12.1 Å². The fourth-order valence-electron chi connectivity index (χ4n) is 3.75. The van der Waals surface area contributed by atoms with E-state index in [0.29, 0.717) is 33.6 Å². The molecule has 0 saturated carbocycles. The predicted octanol–water partition coefficient (Wildman–Crippen LogP) is 7.02. The number of aryl methyl sites for hydroxylation is 6. The second-order valence-electron chi connectivity index (χ2n) is 8.65. The highest BCUT2D eigenvalue weighted by atomic mass is 19.4. The molecule has 0 heterocycles. The number of nitrogen functional groups attached to an aromatic ring is 3. The van der Waals surface area contributed by atoms with Gasteiger partial charge in [-0.05, 0) is 93.0 Å². The molecule has 198 valence electrons. The fraction of sp³-hybridized carbons (Fsp3) is 0.321. The third kappa shape index (κ3) is 8.29. The topological polar surface area (TPSA) is 95.1 Å². The SMILES string of the molecule is CC=O.Cc1cc(C(c2cc(C)c(N)c(C)c2)C(F)(F)F)cc(C)c1N.Cc1cccc(C)c1N.F. The first-order chi connectivity index (χ1) is 16.1. The maximum atomic E-state index is 13.8. The lowest BCUT2D eigenvalue weighted by molar-refractivity contribution is -0.141. The molecule has 0 aromatic heterocycles. The van der Waals surface area contributed by atoms with Gasteiger partial charge in [-0.15, -0.1) is 0 Å². The van der Waals surface area contributed by atoms with Crippen molar-refractivity contribution in [1.82, 2.24) is 0 Å². The van der Waals surface area contributed by atoms with Gasteiger partial charge in [0.25, 0.3) is 0 Å². The molecule has 0 aliphatic carbocycles. The molecule has 0 aliphatic rings. The second-order valence-corrected chi connectivity index (χ2v) is 8.65. The Morgan fingerprint density at radius 3 is 1.14 bits per heavy atom. The Bertz CT molecular complexity index is 1050. The van der Waals surface area contributed by atoms with Crippen LogP contribution >= 0.6 is 0 Å². The van der Waals surface area contributed by atoms with E-state index in [1.165, 1.54) is 31.2 Å². The minimum absolute atomic E-state index is 0. The second kappa shape index (κ2) is 13.5. The molecule has 0 aliphatic heterocycles. The van der Waals surface area contributed by atoms with Crippen molar-refractivity contribution in [3.63, 3.8) is 0 Å². The highest BCUT2D eigenvalue weighted by Crippen LogP contribution is 2.42. The quantitative estimate of drug-likeness (QED) is 0.197. The summed E-state index contributed by atoms with van der Waals surface area (Å²) in [4.78, 5) is 8.81. The van der Waals surface area contributed by atoms with Crippen LogP contribution in [0.1, 0.15) is 57.3 Å². The van der Waals surface area contributed by atoms with Crippen molar-refractivity contribution in [2.75, 3.05) is 17.2 Å². The highest BCUT2D eigenvalue weighted by molar-refractivity contribution is 5.59. The molecule has 0 unspecified atom stereocenters. The highest BCUT2D eigenvalue weighted by Gasteiger charge is 2.42. The Kier molecular flexibility index (Phi) is 12.2. The van der Waals surface area contributed by atoms with Crippen LogP contribution in [0, 0.1) is 41.5 Å². The molecule has 0 fully saturated rings. The number of para-hydroxylation sites is 1. The van der Waals surface area contributed by atoms with Gasteiger partial charge in [-0.1, -0.05) is 42.5 Å². The van der Waals surface area contributed by atoms with E-state index in [1.54, 1.807) is 27.7 Å². The van der Waals surface area contributed by atoms with Crippen LogP contribution in [0.5, 0.6) is 0 Å². The summed E-state index contributed by atoms with van der Waals surface area (Å²) in [6.07, 6.45) is -3.65. The number of nitrogens with two attached hydrogens (primary N) is 3. The van der Waals surface area contributed by atoms with Gasteiger partial charge in [-0.3, -0.25) is 4.70 Å². The molecule has 0 amide bonds. The van der Waals surface area contributed by atoms with Crippen molar-refractivity contribution in [3.05, 3.63) is 87.0 Å². The molecule has 4 nitrogen and oxygen atoms in total. The average Bonchev–Trinajstić information content (AvgIpc) is 2.74. The van der Waals surface area contributed by atoms with Gasteiger partial charge in [-0.25, -0.2) is 0 Å². The van der Waals surface area contributed by atoms with Gasteiger partial charge in [0.2, 0.25) is 0 Å². The first kappa shape index (κ1) is 32.5. The maximum absolute atomic E-state index is 13.8. The lowest BCUT2D eigenvalue weighted by Crippen LogP contribution is -2.23. The number of rotatable bonds is 2. The van der Waals surface area contributed by atoms with E-state index >= 15 is 0 Å². The minimum atomic E-state index is -4.40. The van der Waals surface area contributed by atoms with Gasteiger partial charge in [-0.2, -0.15) is 13.2 Å². The van der Waals surface area contributed by atoms with E-state index in [2.05, 4.69) is 0 Å². The van der Waals surface area contributed by atoms with Gasteiger partial charge in [0, 0.05) is 17.1 Å². The molecule has 0 radical (unpaired) electrons. The zero-order valence-corrected chi connectivity index (χ0v) is 21.9. The van der Waals surface area contributed by atoms with Gasteiger partial charge in [0.1, 0.15) is 12.2 Å². The van der Waals surface area contributed by atoms with Crippen molar-refractivity contribution in [2.45, 2.75) is 60.6 Å². The van der Waals surface area contributed by atoms with Crippen LogP contribution in [-0.2, 0) is 4.79 Å². The van der Waals surface area contributed by atoms with Crippen molar-refractivity contribution >= 4 is 23.3 Å². The molecule has 0 atom stereocenters. The largest absolute Gasteiger partial charge is 0.399 e. The Balaban J connectivity index is 0.000000784. The number of halogens is 4.